The molecule has 0 aromatic heterocycles. The molecule has 0 saturated carbocycles. The molecule has 1 aliphatic rings. The molecule has 1 unspecified atom stereocenters. The number of amides is 1. The van der Waals surface area contributed by atoms with Crippen LogP contribution in [0.2, 0.25) is 0 Å². The van der Waals surface area contributed by atoms with Crippen molar-refractivity contribution in [1.29, 1.82) is 0 Å². The molecule has 0 radical (unpaired) electrons. The molecule has 7 nitrogen and oxygen atoms in total. The summed E-state index contributed by atoms with van der Waals surface area (Å²) in [6.45, 7) is 8.64. The zero-order chi connectivity index (χ0) is 19.5. The van der Waals surface area contributed by atoms with Crippen LogP contribution in [0.3, 0.4) is 0 Å². The predicted octanol–water partition coefficient (Wildman–Crippen LogP) is 1.68. The molecule has 8 heteroatoms. The first-order chi connectivity index (χ1) is 12.2. The number of rotatable bonds is 7. The molecule has 1 aliphatic heterocycles. The van der Waals surface area contributed by atoms with Gasteiger partial charge < -0.3 is 9.64 Å². The van der Waals surface area contributed by atoms with Crippen LogP contribution >= 0.6 is 0 Å². The minimum Gasteiger partial charge on any atom is -0.496 e. The van der Waals surface area contributed by atoms with Crippen molar-refractivity contribution in [1.82, 2.24) is 9.80 Å². The maximum atomic E-state index is 13.2. The van der Waals surface area contributed by atoms with Crippen LogP contribution < -0.4 is 9.88 Å². The predicted molar refractivity (Wildman–Crippen MR) is 101 cm³/mol. The Morgan fingerprint density at radius 2 is 2.12 bits per heavy atom. The van der Waals surface area contributed by atoms with E-state index in [0.29, 0.717) is 18.3 Å². The number of methoxy groups -OCH3 is 1. The smallest absolute Gasteiger partial charge is 0.257 e. The number of nitrogens with two attached hydrogens (primary N) is 1. The molecule has 1 heterocycles. The van der Waals surface area contributed by atoms with E-state index in [9.17, 15) is 13.2 Å². The largest absolute Gasteiger partial charge is 0.496 e. The van der Waals surface area contributed by atoms with Crippen LogP contribution in [0.15, 0.2) is 23.1 Å². The lowest BCUT2D eigenvalue weighted by molar-refractivity contribution is 0.0643. The summed E-state index contributed by atoms with van der Waals surface area (Å²) in [4.78, 5) is 17.3. The van der Waals surface area contributed by atoms with Crippen molar-refractivity contribution in [3.63, 3.8) is 0 Å². The van der Waals surface area contributed by atoms with Gasteiger partial charge in [-0.1, -0.05) is 6.92 Å². The van der Waals surface area contributed by atoms with E-state index >= 15 is 0 Å². The fraction of sp³-hybridized carbons (Fsp3) is 0.611. The van der Waals surface area contributed by atoms with E-state index < -0.39 is 10.0 Å². The first-order valence-electron chi connectivity index (χ1n) is 8.94. The molecule has 1 fully saturated rings. The number of sulfonamides is 1. The summed E-state index contributed by atoms with van der Waals surface area (Å²) in [5, 5.41) is 5.22. The average Bonchev–Trinajstić information content (AvgIpc) is 3.04. The third-order valence-electron chi connectivity index (χ3n) is 4.93. The lowest BCUT2D eigenvalue weighted by Crippen LogP contribution is -2.46. The number of hydrogen-bond donors (Lipinski definition) is 1. The summed E-state index contributed by atoms with van der Waals surface area (Å²) >= 11 is 0. The van der Waals surface area contributed by atoms with Gasteiger partial charge in [-0.15, -0.1) is 0 Å². The summed E-state index contributed by atoms with van der Waals surface area (Å²) in [5.41, 5.74) is 0.216. The molecule has 1 aromatic rings. The Hall–Kier alpha value is -1.64. The fourth-order valence-corrected chi connectivity index (χ4v) is 4.00. The number of benzene rings is 1. The zero-order valence-electron chi connectivity index (χ0n) is 15.9. The molecule has 0 aliphatic carbocycles. The highest BCUT2D eigenvalue weighted by Crippen LogP contribution is 2.26. The molecular formula is C18H29N3O4S. The standard InChI is InChI=1S/C18H29N3O4S/c1-5-20-10-6-7-14(20)12-21(13(2)3)18(22)16-11-15(26(19,23)24)8-9-17(16)25-4/h8-9,11,13-14H,5-7,10,12H2,1-4H3,(H2,19,23,24). The second-order valence-electron chi connectivity index (χ2n) is 6.88. The number of carbonyl (C=O) groups is 1. The van der Waals surface area contributed by atoms with Gasteiger partial charge in [-0.2, -0.15) is 0 Å². The van der Waals surface area contributed by atoms with Crippen LogP contribution in [0.5, 0.6) is 5.75 Å². The van der Waals surface area contributed by atoms with E-state index in [1.807, 2.05) is 13.8 Å². The van der Waals surface area contributed by atoms with Crippen molar-refractivity contribution >= 4 is 15.9 Å². The monoisotopic (exact) mass is 383 g/mol. The topological polar surface area (TPSA) is 92.9 Å². The molecule has 26 heavy (non-hydrogen) atoms. The third-order valence-corrected chi connectivity index (χ3v) is 5.84. The number of hydrogen-bond acceptors (Lipinski definition) is 5. The van der Waals surface area contributed by atoms with Crippen LogP contribution in [-0.2, 0) is 10.0 Å². The van der Waals surface area contributed by atoms with E-state index in [1.54, 1.807) is 4.90 Å². The number of ether oxygens (including phenoxy) is 1. The van der Waals surface area contributed by atoms with Gasteiger partial charge >= 0.3 is 0 Å². The highest BCUT2D eigenvalue weighted by Gasteiger charge is 2.30. The van der Waals surface area contributed by atoms with E-state index in [0.717, 1.165) is 25.9 Å². The van der Waals surface area contributed by atoms with Gasteiger partial charge in [0.05, 0.1) is 17.6 Å². The van der Waals surface area contributed by atoms with Crippen LogP contribution in [0.4, 0.5) is 0 Å². The lowest BCUT2D eigenvalue weighted by atomic mass is 10.1. The normalized spacial score (nSPS) is 18.3. The van der Waals surface area contributed by atoms with Crippen LogP contribution in [0.25, 0.3) is 0 Å². The molecule has 0 bridgehead atoms. The van der Waals surface area contributed by atoms with Crippen LogP contribution in [0, 0.1) is 0 Å². The number of likely N-dealkylation sites (tertiary alicyclic amines) is 1. The SMILES string of the molecule is CCN1CCCC1CN(C(=O)c1cc(S(N)(=O)=O)ccc1OC)C(C)C. The molecule has 146 valence electrons. The molecule has 1 amide bonds. The second kappa shape index (κ2) is 8.37. The van der Waals surface area contributed by atoms with E-state index in [2.05, 4.69) is 11.8 Å². The minimum absolute atomic E-state index is 0.0235. The highest BCUT2D eigenvalue weighted by molar-refractivity contribution is 7.89. The highest BCUT2D eigenvalue weighted by atomic mass is 32.2. The van der Waals surface area contributed by atoms with Crippen LogP contribution in [-0.4, -0.2) is 63.0 Å². The summed E-state index contributed by atoms with van der Waals surface area (Å²) in [6, 6.07) is 4.42. The molecule has 2 rings (SSSR count). The Balaban J connectivity index is 2.36. The van der Waals surface area contributed by atoms with Crippen molar-refractivity contribution in [3.8, 4) is 5.75 Å². The van der Waals surface area contributed by atoms with Gasteiger partial charge in [0.25, 0.3) is 5.91 Å². The minimum atomic E-state index is -3.90. The molecule has 1 saturated heterocycles. The summed E-state index contributed by atoms with van der Waals surface area (Å²) in [7, 11) is -2.44. The average molecular weight is 384 g/mol. The third kappa shape index (κ3) is 4.55. The maximum absolute atomic E-state index is 13.2. The Morgan fingerprint density at radius 3 is 2.65 bits per heavy atom. The summed E-state index contributed by atoms with van der Waals surface area (Å²) in [6.07, 6.45) is 2.18. The van der Waals surface area contributed by atoms with Gasteiger partial charge in [0.1, 0.15) is 5.75 Å². The zero-order valence-corrected chi connectivity index (χ0v) is 16.8. The Bertz CT molecular complexity index is 749. The van der Waals surface area contributed by atoms with Gasteiger partial charge in [0.2, 0.25) is 10.0 Å². The number of likely N-dealkylation sites (N-methyl/N-ethyl adjacent to an activating group) is 1. The first kappa shape index (κ1) is 20.7. The number of primary sulfonamides is 1. The van der Waals surface area contributed by atoms with Crippen molar-refractivity contribution in [2.75, 3.05) is 26.7 Å². The first-order valence-corrected chi connectivity index (χ1v) is 10.5. The van der Waals surface area contributed by atoms with Gasteiger partial charge in [-0.05, 0) is 58.0 Å². The van der Waals surface area contributed by atoms with Crippen molar-refractivity contribution in [2.24, 2.45) is 5.14 Å². The molecular weight excluding hydrogens is 354 g/mol. The molecule has 0 spiro atoms. The molecule has 1 aromatic carbocycles. The van der Waals surface area contributed by atoms with Crippen molar-refractivity contribution < 1.29 is 17.9 Å². The van der Waals surface area contributed by atoms with E-state index in [1.165, 1.54) is 25.3 Å². The van der Waals surface area contributed by atoms with Gasteiger partial charge in [-0.25, -0.2) is 13.6 Å². The summed E-state index contributed by atoms with van der Waals surface area (Å²) < 4.78 is 28.6. The summed E-state index contributed by atoms with van der Waals surface area (Å²) in [5.74, 6) is 0.0946. The quantitative estimate of drug-likeness (QED) is 0.773. The second-order valence-corrected chi connectivity index (χ2v) is 8.44. The van der Waals surface area contributed by atoms with Crippen molar-refractivity contribution in [3.05, 3.63) is 23.8 Å². The molecule has 1 atom stereocenters. The maximum Gasteiger partial charge on any atom is 0.257 e. The molecule has 2 N–H and O–H groups in total. The number of nitrogens with zero attached hydrogens (tertiary/aromatic N) is 2. The Morgan fingerprint density at radius 1 is 1.42 bits per heavy atom. The fourth-order valence-electron chi connectivity index (χ4n) is 3.46. The van der Waals surface area contributed by atoms with Crippen molar-refractivity contribution in [2.45, 2.75) is 50.6 Å². The van der Waals surface area contributed by atoms with Gasteiger partial charge in [-0.3, -0.25) is 9.69 Å². The van der Waals surface area contributed by atoms with Crippen LogP contribution in [0.1, 0.15) is 44.0 Å². The Kier molecular flexibility index (Phi) is 6.65. The van der Waals surface area contributed by atoms with Gasteiger partial charge in [0, 0.05) is 18.6 Å². The van der Waals surface area contributed by atoms with E-state index in [-0.39, 0.29) is 22.4 Å². The number of carbonyl (C=O) groups excluding carboxylic acids is 1. The van der Waals surface area contributed by atoms with E-state index in [4.69, 9.17) is 9.88 Å². The Labute approximate surface area is 156 Å². The lowest BCUT2D eigenvalue weighted by Gasteiger charge is -2.33. The van der Waals surface area contributed by atoms with Gasteiger partial charge in [0.15, 0.2) is 0 Å².